The van der Waals surface area contributed by atoms with Crippen molar-refractivity contribution in [1.29, 1.82) is 0 Å². The monoisotopic (exact) mass is 332 g/mol. The molecule has 1 aromatic carbocycles. The standard InChI is InChI=1S/C17H24N2O3Si/c1-17(2,3)14(12-22-23(4)5)15(19-18)16(20)21-11-13-9-7-6-8-10-13/h6-10,12,23H,11H2,1-5H3. The number of hydrogen-bond donors (Lipinski definition) is 0. The van der Waals surface area contributed by atoms with Crippen LogP contribution in [0.1, 0.15) is 26.3 Å². The number of carbonyl (C=O) groups is 1. The van der Waals surface area contributed by atoms with Gasteiger partial charge in [0.05, 0.1) is 11.8 Å². The molecule has 0 radical (unpaired) electrons. The molecule has 0 aromatic heterocycles. The smallest absolute Gasteiger partial charge is 0.422 e. The summed E-state index contributed by atoms with van der Waals surface area (Å²) >= 11 is 0. The largest absolute Gasteiger partial charge is 0.552 e. The van der Waals surface area contributed by atoms with Crippen molar-refractivity contribution in [3.8, 4) is 0 Å². The van der Waals surface area contributed by atoms with Crippen LogP contribution in [-0.2, 0) is 20.6 Å². The Morgan fingerprint density at radius 2 is 1.87 bits per heavy atom. The summed E-state index contributed by atoms with van der Waals surface area (Å²) in [5.74, 6) is -0.674. The van der Waals surface area contributed by atoms with E-state index in [-0.39, 0.29) is 12.3 Å². The minimum atomic E-state index is -1.31. The maximum atomic E-state index is 12.3. The zero-order valence-corrected chi connectivity index (χ0v) is 15.5. The zero-order valence-electron chi connectivity index (χ0n) is 14.4. The van der Waals surface area contributed by atoms with Crippen LogP contribution in [0.2, 0.25) is 13.1 Å². The Morgan fingerprint density at radius 1 is 1.26 bits per heavy atom. The molecule has 0 aliphatic rings. The second kappa shape index (κ2) is 8.46. The second-order valence-corrected chi connectivity index (χ2v) is 8.85. The minimum Gasteiger partial charge on any atom is -0.552 e. The topological polar surface area (TPSA) is 71.9 Å². The molecule has 0 unspecified atom stereocenters. The zero-order chi connectivity index (χ0) is 17.5. The molecule has 0 saturated heterocycles. The Hall–Kier alpha value is -2.17. The summed E-state index contributed by atoms with van der Waals surface area (Å²) in [6.07, 6.45) is 1.52. The lowest BCUT2D eigenvalue weighted by Crippen LogP contribution is -2.28. The molecule has 0 fully saturated rings. The molecule has 0 atom stereocenters. The Bertz CT molecular complexity index is 612. The molecule has 1 rings (SSSR count). The van der Waals surface area contributed by atoms with Gasteiger partial charge in [0.1, 0.15) is 6.61 Å². The summed E-state index contributed by atoms with van der Waals surface area (Å²) in [5, 5.41) is 0. The van der Waals surface area contributed by atoms with Gasteiger partial charge in [-0.3, -0.25) is 0 Å². The van der Waals surface area contributed by atoms with E-state index in [1.54, 1.807) is 0 Å². The summed E-state index contributed by atoms with van der Waals surface area (Å²) in [4.78, 5) is 15.4. The number of carbonyl (C=O) groups excluding carboxylic acids is 1. The Labute approximate surface area is 139 Å². The van der Waals surface area contributed by atoms with Crippen LogP contribution >= 0.6 is 0 Å². The van der Waals surface area contributed by atoms with Crippen LogP contribution in [0.3, 0.4) is 0 Å². The Kier molecular flexibility index (Phi) is 6.94. The van der Waals surface area contributed by atoms with E-state index in [9.17, 15) is 10.3 Å². The van der Waals surface area contributed by atoms with Gasteiger partial charge >= 0.3 is 11.7 Å². The van der Waals surface area contributed by atoms with E-state index in [0.29, 0.717) is 5.57 Å². The van der Waals surface area contributed by atoms with E-state index < -0.39 is 20.4 Å². The van der Waals surface area contributed by atoms with Crippen LogP contribution in [0.4, 0.5) is 0 Å². The normalized spacial score (nSPS) is 11.8. The van der Waals surface area contributed by atoms with E-state index >= 15 is 0 Å². The van der Waals surface area contributed by atoms with Gasteiger partial charge in [-0.2, -0.15) is 4.79 Å². The molecule has 0 amide bonds. The molecule has 0 saturated carbocycles. The van der Waals surface area contributed by atoms with Crippen molar-refractivity contribution in [2.75, 3.05) is 0 Å². The predicted octanol–water partition coefficient (Wildman–Crippen LogP) is 3.33. The highest BCUT2D eigenvalue weighted by atomic mass is 28.3. The van der Waals surface area contributed by atoms with Gasteiger partial charge in [-0.05, 0) is 24.1 Å². The van der Waals surface area contributed by atoms with Crippen LogP contribution in [0, 0.1) is 5.41 Å². The first-order valence-corrected chi connectivity index (χ1v) is 10.3. The number of hydrogen-bond acceptors (Lipinski definition) is 3. The molecule has 5 nitrogen and oxygen atoms in total. The van der Waals surface area contributed by atoms with Crippen molar-refractivity contribution >= 4 is 20.7 Å². The van der Waals surface area contributed by atoms with Gasteiger partial charge in [-0.25, -0.2) is 4.79 Å². The van der Waals surface area contributed by atoms with Crippen molar-refractivity contribution in [1.82, 2.24) is 0 Å². The molecule has 0 spiro atoms. The van der Waals surface area contributed by atoms with Crippen LogP contribution < -0.4 is 0 Å². The number of nitrogens with zero attached hydrogens (tertiary/aromatic N) is 2. The molecule has 0 N–H and O–H groups in total. The fourth-order valence-corrected chi connectivity index (χ4v) is 2.20. The van der Waals surface area contributed by atoms with Crippen molar-refractivity contribution < 1.29 is 18.7 Å². The molecule has 0 heterocycles. The Morgan fingerprint density at radius 3 is 2.35 bits per heavy atom. The number of rotatable bonds is 6. The molecular weight excluding hydrogens is 308 g/mol. The molecule has 0 aliphatic carbocycles. The van der Waals surface area contributed by atoms with Crippen molar-refractivity contribution in [2.24, 2.45) is 5.41 Å². The van der Waals surface area contributed by atoms with E-state index in [4.69, 9.17) is 9.16 Å². The molecule has 0 aliphatic heterocycles. The molecule has 6 heteroatoms. The first kappa shape index (κ1) is 18.9. The van der Waals surface area contributed by atoms with Gasteiger partial charge in [0.2, 0.25) is 9.04 Å². The van der Waals surface area contributed by atoms with Gasteiger partial charge in [-0.1, -0.05) is 51.1 Å². The average molecular weight is 332 g/mol. The molecule has 1 aromatic rings. The lowest BCUT2D eigenvalue weighted by molar-refractivity contribution is -0.141. The van der Waals surface area contributed by atoms with Gasteiger partial charge in [0.15, 0.2) is 0 Å². The number of benzene rings is 1. The third-order valence-electron chi connectivity index (χ3n) is 3.03. The van der Waals surface area contributed by atoms with E-state index in [1.807, 2.05) is 64.2 Å². The van der Waals surface area contributed by atoms with Crippen LogP contribution in [0.25, 0.3) is 5.53 Å². The summed E-state index contributed by atoms with van der Waals surface area (Å²) in [5.41, 5.74) is 10.1. The molecule has 124 valence electrons. The molecule has 23 heavy (non-hydrogen) atoms. The highest BCUT2D eigenvalue weighted by molar-refractivity contribution is 6.48. The van der Waals surface area contributed by atoms with Crippen molar-refractivity contribution in [2.45, 2.75) is 40.5 Å². The fraction of sp³-hybridized carbons (Fsp3) is 0.412. The maximum Gasteiger partial charge on any atom is 0.422 e. The Balaban J connectivity index is 2.92. The van der Waals surface area contributed by atoms with Gasteiger partial charge in [0, 0.05) is 0 Å². The lowest BCUT2D eigenvalue weighted by atomic mass is 9.84. The van der Waals surface area contributed by atoms with E-state index in [2.05, 4.69) is 4.79 Å². The molecule has 0 bridgehead atoms. The maximum absolute atomic E-state index is 12.3. The van der Waals surface area contributed by atoms with Crippen molar-refractivity contribution in [3.05, 3.63) is 53.3 Å². The summed E-state index contributed by atoms with van der Waals surface area (Å²) in [7, 11) is -1.31. The average Bonchev–Trinajstić information content (AvgIpc) is 2.48. The highest BCUT2D eigenvalue weighted by Crippen LogP contribution is 2.26. The first-order chi connectivity index (χ1) is 10.8. The van der Waals surface area contributed by atoms with Crippen LogP contribution in [0.15, 0.2) is 42.2 Å². The minimum absolute atomic E-state index is 0.121. The molecular formula is C17H24N2O3Si. The van der Waals surface area contributed by atoms with Crippen LogP contribution in [-0.4, -0.2) is 25.5 Å². The number of esters is 1. The fourth-order valence-electron chi connectivity index (χ4n) is 1.79. The van der Waals surface area contributed by atoms with E-state index in [0.717, 1.165) is 5.56 Å². The predicted molar refractivity (Wildman–Crippen MR) is 92.4 cm³/mol. The van der Waals surface area contributed by atoms with Gasteiger partial charge < -0.3 is 14.7 Å². The first-order valence-electron chi connectivity index (χ1n) is 7.55. The summed E-state index contributed by atoms with van der Waals surface area (Å²) in [6.45, 7) is 9.90. The van der Waals surface area contributed by atoms with Crippen molar-refractivity contribution in [3.63, 3.8) is 0 Å². The van der Waals surface area contributed by atoms with Gasteiger partial charge in [0.25, 0.3) is 0 Å². The number of ether oxygens (including phenoxy) is 1. The quantitative estimate of drug-likeness (QED) is 0.200. The third-order valence-corrected chi connectivity index (χ3v) is 3.71. The second-order valence-electron chi connectivity index (χ2n) is 6.48. The van der Waals surface area contributed by atoms with Gasteiger partial charge in [-0.15, -0.1) is 0 Å². The summed E-state index contributed by atoms with van der Waals surface area (Å²) < 4.78 is 10.9. The third kappa shape index (κ3) is 6.22. The highest BCUT2D eigenvalue weighted by Gasteiger charge is 2.35. The lowest BCUT2D eigenvalue weighted by Gasteiger charge is -2.19. The van der Waals surface area contributed by atoms with E-state index in [1.165, 1.54) is 6.26 Å². The summed E-state index contributed by atoms with van der Waals surface area (Å²) in [6, 6.07) is 9.34. The SMILES string of the molecule is C[SiH](C)OC=C(C(=[N+]=[N-])C(=O)OCc1ccccc1)C(C)(C)C. The van der Waals surface area contributed by atoms with Crippen LogP contribution in [0.5, 0.6) is 0 Å².